The van der Waals surface area contributed by atoms with E-state index in [-0.39, 0.29) is 0 Å². The minimum Gasteiger partial charge on any atom is -0.315 e. The Kier molecular flexibility index (Phi) is 9.25. The molecule has 1 nitrogen and oxygen atoms in total. The summed E-state index contributed by atoms with van der Waals surface area (Å²) >= 11 is 8.01. The van der Waals surface area contributed by atoms with Crippen molar-refractivity contribution in [1.82, 2.24) is 5.32 Å². The summed E-state index contributed by atoms with van der Waals surface area (Å²) in [7, 11) is 0. The first kappa shape index (κ1) is 14.6. The van der Waals surface area contributed by atoms with Crippen LogP contribution in [0, 0.1) is 5.41 Å². The summed E-state index contributed by atoms with van der Waals surface area (Å²) < 4.78 is 0. The number of alkyl halides is 1. The number of hydrogen-bond donors (Lipinski definition) is 1. The third-order valence-corrected chi connectivity index (χ3v) is 4.38. The minimum absolute atomic E-state index is 0.318. The Bertz CT molecular complexity index is 118. The second-order valence-corrected chi connectivity index (χ2v) is 5.38. The molecule has 0 aliphatic rings. The van der Waals surface area contributed by atoms with E-state index in [0.29, 0.717) is 5.41 Å². The van der Waals surface area contributed by atoms with Gasteiger partial charge in [-0.25, -0.2) is 0 Å². The predicted molar refractivity (Wildman–Crippen MR) is 69.6 cm³/mol. The molecule has 3 heteroatoms. The van der Waals surface area contributed by atoms with Crippen molar-refractivity contribution < 1.29 is 0 Å². The molecule has 0 atom stereocenters. The quantitative estimate of drug-likeness (QED) is 0.488. The summed E-state index contributed by atoms with van der Waals surface area (Å²) in [5, 5.41) is 3.51. The van der Waals surface area contributed by atoms with Gasteiger partial charge >= 0.3 is 0 Å². The van der Waals surface area contributed by atoms with E-state index in [4.69, 9.17) is 11.6 Å². The van der Waals surface area contributed by atoms with Crippen LogP contribution in [0.2, 0.25) is 0 Å². The van der Waals surface area contributed by atoms with Crippen LogP contribution in [0.3, 0.4) is 0 Å². The van der Waals surface area contributed by atoms with Crippen molar-refractivity contribution in [3.8, 4) is 0 Å². The zero-order valence-corrected chi connectivity index (χ0v) is 11.3. The van der Waals surface area contributed by atoms with Crippen molar-refractivity contribution in [1.29, 1.82) is 0 Å². The van der Waals surface area contributed by atoms with Crippen LogP contribution in [0.5, 0.6) is 0 Å². The van der Waals surface area contributed by atoms with Crippen molar-refractivity contribution in [2.75, 3.05) is 30.5 Å². The van der Waals surface area contributed by atoms with E-state index in [1.165, 1.54) is 24.3 Å². The van der Waals surface area contributed by atoms with Gasteiger partial charge in [-0.3, -0.25) is 0 Å². The van der Waals surface area contributed by atoms with Crippen LogP contribution in [-0.4, -0.2) is 30.5 Å². The van der Waals surface area contributed by atoms with Crippen molar-refractivity contribution in [3.05, 3.63) is 0 Å². The Labute approximate surface area is 98.4 Å². The Morgan fingerprint density at radius 3 is 2.29 bits per heavy atom. The van der Waals surface area contributed by atoms with Gasteiger partial charge in [-0.15, -0.1) is 11.6 Å². The molecule has 0 aromatic carbocycles. The zero-order chi connectivity index (χ0) is 10.9. The maximum atomic E-state index is 6.02. The average molecular weight is 238 g/mol. The summed E-state index contributed by atoms with van der Waals surface area (Å²) in [5.74, 6) is 3.19. The fourth-order valence-electron chi connectivity index (χ4n) is 1.38. The number of hydrogen-bond acceptors (Lipinski definition) is 2. The van der Waals surface area contributed by atoms with Crippen LogP contribution in [0.1, 0.15) is 33.6 Å². The SMILES string of the molecule is CCSCCNCC(CC)(CC)CCl. The van der Waals surface area contributed by atoms with Gasteiger partial charge in [-0.1, -0.05) is 20.8 Å². The first-order valence-corrected chi connectivity index (χ1v) is 7.28. The molecule has 0 spiro atoms. The molecule has 0 aliphatic carbocycles. The van der Waals surface area contributed by atoms with E-state index < -0.39 is 0 Å². The highest BCUT2D eigenvalue weighted by Crippen LogP contribution is 2.26. The molecule has 0 amide bonds. The average Bonchev–Trinajstić information content (AvgIpc) is 2.24. The number of halogens is 1. The molecule has 0 aromatic rings. The molecule has 0 saturated heterocycles. The summed E-state index contributed by atoms with van der Waals surface area (Å²) in [4.78, 5) is 0. The lowest BCUT2D eigenvalue weighted by molar-refractivity contribution is 0.290. The normalized spacial score (nSPS) is 12.0. The first-order valence-electron chi connectivity index (χ1n) is 5.59. The fourth-order valence-corrected chi connectivity index (χ4v) is 2.43. The van der Waals surface area contributed by atoms with Crippen molar-refractivity contribution in [3.63, 3.8) is 0 Å². The Balaban J connectivity index is 3.61. The molecule has 0 rings (SSSR count). The molecule has 0 fully saturated rings. The Hall–Kier alpha value is 0.600. The predicted octanol–water partition coefficient (Wildman–Crippen LogP) is 3.37. The molecule has 0 saturated carbocycles. The van der Waals surface area contributed by atoms with Crippen LogP contribution in [-0.2, 0) is 0 Å². The van der Waals surface area contributed by atoms with Crippen molar-refractivity contribution in [2.24, 2.45) is 5.41 Å². The highest BCUT2D eigenvalue weighted by molar-refractivity contribution is 7.99. The van der Waals surface area contributed by atoms with Crippen LogP contribution in [0.25, 0.3) is 0 Å². The molecular formula is C11H24ClNS. The molecule has 14 heavy (non-hydrogen) atoms. The van der Waals surface area contributed by atoms with E-state index >= 15 is 0 Å². The second-order valence-electron chi connectivity index (χ2n) is 3.71. The van der Waals surface area contributed by atoms with Gasteiger partial charge in [-0.2, -0.15) is 11.8 Å². The summed E-state index contributed by atoms with van der Waals surface area (Å²) in [6.07, 6.45) is 2.34. The largest absolute Gasteiger partial charge is 0.315 e. The number of rotatable bonds is 9. The highest BCUT2D eigenvalue weighted by atomic mass is 35.5. The van der Waals surface area contributed by atoms with E-state index in [1.807, 2.05) is 11.8 Å². The van der Waals surface area contributed by atoms with E-state index in [9.17, 15) is 0 Å². The lowest BCUT2D eigenvalue weighted by Gasteiger charge is -2.29. The first-order chi connectivity index (χ1) is 6.74. The smallest absolute Gasteiger partial charge is 0.0291 e. The van der Waals surface area contributed by atoms with Gasteiger partial charge in [0.25, 0.3) is 0 Å². The van der Waals surface area contributed by atoms with Crippen molar-refractivity contribution >= 4 is 23.4 Å². The Morgan fingerprint density at radius 1 is 1.21 bits per heavy atom. The molecule has 0 unspecified atom stereocenters. The van der Waals surface area contributed by atoms with E-state index in [2.05, 4.69) is 26.1 Å². The molecule has 0 aromatic heterocycles. The third-order valence-electron chi connectivity index (χ3n) is 2.91. The van der Waals surface area contributed by atoms with Gasteiger partial charge in [0.15, 0.2) is 0 Å². The number of nitrogens with one attached hydrogen (secondary N) is 1. The van der Waals surface area contributed by atoms with Crippen LogP contribution in [0.15, 0.2) is 0 Å². The number of thioether (sulfide) groups is 1. The standard InChI is InChI=1S/C11H24ClNS/c1-4-11(5-2,9-12)10-13-7-8-14-6-3/h13H,4-10H2,1-3H3. The van der Waals surface area contributed by atoms with Crippen LogP contribution < -0.4 is 5.32 Å². The lowest BCUT2D eigenvalue weighted by atomic mass is 9.84. The zero-order valence-electron chi connectivity index (χ0n) is 9.74. The molecule has 1 N–H and O–H groups in total. The van der Waals surface area contributed by atoms with Gasteiger partial charge in [0.1, 0.15) is 0 Å². The molecule has 0 bridgehead atoms. The fraction of sp³-hybridized carbons (Fsp3) is 1.00. The van der Waals surface area contributed by atoms with Crippen LogP contribution in [0.4, 0.5) is 0 Å². The van der Waals surface area contributed by atoms with Gasteiger partial charge in [0.05, 0.1) is 0 Å². The topological polar surface area (TPSA) is 12.0 Å². The monoisotopic (exact) mass is 237 g/mol. The molecular weight excluding hydrogens is 214 g/mol. The van der Waals surface area contributed by atoms with E-state index in [0.717, 1.165) is 19.0 Å². The summed E-state index contributed by atoms with van der Waals surface area (Å²) in [5.41, 5.74) is 0.318. The molecule has 0 aliphatic heterocycles. The summed E-state index contributed by atoms with van der Waals surface area (Å²) in [6.45, 7) is 8.83. The van der Waals surface area contributed by atoms with Crippen molar-refractivity contribution in [2.45, 2.75) is 33.6 Å². The molecule has 0 heterocycles. The second kappa shape index (κ2) is 8.87. The minimum atomic E-state index is 0.318. The maximum Gasteiger partial charge on any atom is 0.0291 e. The van der Waals surface area contributed by atoms with Crippen LogP contribution >= 0.6 is 23.4 Å². The van der Waals surface area contributed by atoms with Gasteiger partial charge in [0.2, 0.25) is 0 Å². The van der Waals surface area contributed by atoms with E-state index in [1.54, 1.807) is 0 Å². The van der Waals surface area contributed by atoms with Gasteiger partial charge in [-0.05, 0) is 24.0 Å². The van der Waals surface area contributed by atoms with Gasteiger partial charge < -0.3 is 5.32 Å². The lowest BCUT2D eigenvalue weighted by Crippen LogP contribution is -2.36. The summed E-state index contributed by atoms with van der Waals surface area (Å²) in [6, 6.07) is 0. The highest BCUT2D eigenvalue weighted by Gasteiger charge is 2.23. The Morgan fingerprint density at radius 2 is 1.86 bits per heavy atom. The third kappa shape index (κ3) is 5.47. The maximum absolute atomic E-state index is 6.02. The van der Waals surface area contributed by atoms with Gasteiger partial charge in [0, 0.05) is 24.7 Å². The molecule has 86 valence electrons. The molecule has 0 radical (unpaired) electrons.